The van der Waals surface area contributed by atoms with Crippen molar-refractivity contribution in [3.05, 3.63) is 53.6 Å². The third-order valence-electron chi connectivity index (χ3n) is 7.21. The first kappa shape index (κ1) is 24.8. The molecule has 3 heterocycles. The third kappa shape index (κ3) is 4.21. The number of nitrogens with zero attached hydrogens (tertiary/aromatic N) is 2. The second kappa shape index (κ2) is 8.88. The van der Waals surface area contributed by atoms with Crippen LogP contribution < -0.4 is 15.0 Å². The van der Waals surface area contributed by atoms with Crippen LogP contribution in [0, 0.1) is 23.2 Å². The fraction of sp³-hybridized carbons (Fsp3) is 0.385. The lowest BCUT2D eigenvalue weighted by atomic mass is 9.71. The van der Waals surface area contributed by atoms with Gasteiger partial charge >= 0.3 is 6.18 Å². The maximum atomic E-state index is 13.5. The van der Waals surface area contributed by atoms with Crippen molar-refractivity contribution in [2.24, 2.45) is 11.8 Å². The summed E-state index contributed by atoms with van der Waals surface area (Å²) in [5, 5.41) is 11.7. The van der Waals surface area contributed by atoms with E-state index in [4.69, 9.17) is 14.7 Å². The molecule has 3 amide bonds. The molecule has 0 spiro atoms. The molecule has 1 N–H and O–H groups in total. The number of nitriles is 1. The molecule has 2 aromatic carbocycles. The number of carbonyl (C=O) groups excluding carboxylic acids is 3. The van der Waals surface area contributed by atoms with Gasteiger partial charge in [0.05, 0.1) is 53.0 Å². The predicted octanol–water partition coefficient (Wildman–Crippen LogP) is 4.04. The van der Waals surface area contributed by atoms with Crippen molar-refractivity contribution in [3.8, 4) is 11.8 Å². The highest BCUT2D eigenvalue weighted by Crippen LogP contribution is 2.57. The van der Waals surface area contributed by atoms with E-state index >= 15 is 0 Å². The first-order valence-electron chi connectivity index (χ1n) is 11.7. The number of ether oxygens (including phenoxy) is 2. The molecule has 0 aromatic heterocycles. The molecule has 0 saturated carbocycles. The lowest BCUT2D eigenvalue weighted by molar-refractivity contribution is -0.138. The average molecular weight is 513 g/mol. The zero-order valence-electron chi connectivity index (χ0n) is 19.7. The van der Waals surface area contributed by atoms with Gasteiger partial charge in [-0.25, -0.2) is 4.90 Å². The molecule has 5 rings (SSSR count). The smallest absolute Gasteiger partial charge is 0.417 e. The van der Waals surface area contributed by atoms with Gasteiger partial charge < -0.3 is 14.8 Å². The van der Waals surface area contributed by atoms with E-state index in [0.717, 1.165) is 11.0 Å². The van der Waals surface area contributed by atoms with Crippen molar-refractivity contribution in [2.45, 2.75) is 44.1 Å². The van der Waals surface area contributed by atoms with E-state index in [1.165, 1.54) is 19.1 Å². The molecule has 11 heteroatoms. The van der Waals surface area contributed by atoms with Gasteiger partial charge in [-0.15, -0.1) is 0 Å². The van der Waals surface area contributed by atoms with Crippen LogP contribution in [0.2, 0.25) is 0 Å². The average Bonchev–Trinajstić information content (AvgIpc) is 3.49. The Bertz CT molecular complexity index is 1320. The monoisotopic (exact) mass is 513 g/mol. The molecule has 2 unspecified atom stereocenters. The minimum atomic E-state index is -4.82. The maximum Gasteiger partial charge on any atom is 0.417 e. The summed E-state index contributed by atoms with van der Waals surface area (Å²) in [6.07, 6.45) is -3.92. The quantitative estimate of drug-likeness (QED) is 0.584. The number of hydrogen-bond acceptors (Lipinski definition) is 6. The second-order valence-electron chi connectivity index (χ2n) is 9.42. The number of alkyl halides is 3. The molecular weight excluding hydrogens is 491 g/mol. The Kier molecular flexibility index (Phi) is 5.95. The largest absolute Gasteiger partial charge is 0.493 e. The zero-order chi connectivity index (χ0) is 26.5. The number of imide groups is 1. The van der Waals surface area contributed by atoms with Crippen molar-refractivity contribution in [2.75, 3.05) is 16.8 Å². The first-order chi connectivity index (χ1) is 17.5. The van der Waals surface area contributed by atoms with E-state index in [1.54, 1.807) is 24.3 Å². The third-order valence-corrected chi connectivity index (χ3v) is 7.21. The molecule has 8 nitrogen and oxygen atoms in total. The van der Waals surface area contributed by atoms with Crippen LogP contribution in [0.4, 0.5) is 24.5 Å². The van der Waals surface area contributed by atoms with Crippen molar-refractivity contribution in [1.82, 2.24) is 0 Å². The summed E-state index contributed by atoms with van der Waals surface area (Å²) in [4.78, 5) is 38.7. The Morgan fingerprint density at radius 3 is 2.59 bits per heavy atom. The van der Waals surface area contributed by atoms with Crippen LogP contribution in [0.25, 0.3) is 0 Å². The molecule has 0 aliphatic carbocycles. The standard InChI is InChI=1S/C26H22F3N3O5/c1-14(33)31-16-3-6-18(7-4-16)36-11-10-25-9-8-20(37-25)21-22(25)24(35)32(23(21)34)17-5-2-15(13-30)19(12-17)26(27,28)29/h2-7,12,20-22H,8-11H2,1H3,(H,31,33)/t20?,21-,22+,25?/m0/s1. The summed E-state index contributed by atoms with van der Waals surface area (Å²) in [5.41, 5.74) is -2.33. The van der Waals surface area contributed by atoms with Gasteiger partial charge in [0.1, 0.15) is 5.75 Å². The number of nitrogens with one attached hydrogen (secondary N) is 1. The fourth-order valence-corrected chi connectivity index (χ4v) is 5.68. The van der Waals surface area contributed by atoms with Crippen molar-refractivity contribution in [1.29, 1.82) is 5.26 Å². The molecule has 3 aliphatic rings. The molecule has 2 aromatic rings. The van der Waals surface area contributed by atoms with Gasteiger partial charge in [-0.05, 0) is 55.3 Å². The van der Waals surface area contributed by atoms with Crippen LogP contribution >= 0.6 is 0 Å². The Morgan fingerprint density at radius 1 is 1.22 bits per heavy atom. The van der Waals surface area contributed by atoms with Gasteiger partial charge in [0, 0.05) is 19.0 Å². The summed E-state index contributed by atoms with van der Waals surface area (Å²) in [7, 11) is 0. The zero-order valence-corrected chi connectivity index (χ0v) is 19.7. The number of anilines is 2. The van der Waals surface area contributed by atoms with E-state index in [-0.39, 0.29) is 18.2 Å². The number of carbonyl (C=O) groups is 3. The van der Waals surface area contributed by atoms with Crippen LogP contribution in [0.5, 0.6) is 5.75 Å². The van der Waals surface area contributed by atoms with Crippen molar-refractivity contribution >= 4 is 29.1 Å². The number of benzene rings is 2. The minimum absolute atomic E-state index is 0.186. The number of amides is 3. The second-order valence-corrected chi connectivity index (χ2v) is 9.42. The summed E-state index contributed by atoms with van der Waals surface area (Å²) >= 11 is 0. The molecule has 0 radical (unpaired) electrons. The highest BCUT2D eigenvalue weighted by atomic mass is 19.4. The Morgan fingerprint density at radius 2 is 1.95 bits per heavy atom. The first-order valence-corrected chi connectivity index (χ1v) is 11.7. The number of halogens is 3. The van der Waals surface area contributed by atoms with Crippen LogP contribution in [0.3, 0.4) is 0 Å². The normalized spacial score (nSPS) is 26.2. The lowest BCUT2D eigenvalue weighted by Gasteiger charge is -2.31. The van der Waals surface area contributed by atoms with E-state index in [0.29, 0.717) is 36.8 Å². The molecule has 37 heavy (non-hydrogen) atoms. The molecule has 2 bridgehead atoms. The molecule has 4 atom stereocenters. The van der Waals surface area contributed by atoms with Crippen LogP contribution in [0.1, 0.15) is 37.3 Å². The number of hydrogen-bond donors (Lipinski definition) is 1. The van der Waals surface area contributed by atoms with Gasteiger partial charge in [-0.3, -0.25) is 14.4 Å². The Balaban J connectivity index is 1.34. The topological polar surface area (TPSA) is 109 Å². The fourth-order valence-electron chi connectivity index (χ4n) is 5.68. The summed E-state index contributed by atoms with van der Waals surface area (Å²) < 4.78 is 52.4. The van der Waals surface area contributed by atoms with E-state index < -0.39 is 52.7 Å². The lowest BCUT2D eigenvalue weighted by Crippen LogP contribution is -2.43. The summed E-state index contributed by atoms with van der Waals surface area (Å²) in [6.45, 7) is 1.59. The number of fused-ring (bicyclic) bond motifs is 5. The number of rotatable bonds is 6. The van der Waals surface area contributed by atoms with E-state index in [2.05, 4.69) is 5.32 Å². The van der Waals surface area contributed by atoms with Crippen LogP contribution in [-0.2, 0) is 25.3 Å². The van der Waals surface area contributed by atoms with Crippen molar-refractivity contribution < 1.29 is 37.0 Å². The van der Waals surface area contributed by atoms with E-state index in [9.17, 15) is 27.6 Å². The SMILES string of the molecule is CC(=O)Nc1ccc(OCCC23CCC(O2)[C@@H]2C(=O)N(c4ccc(C#N)c(C(F)(F)F)c4)C(=O)[C@@H]23)cc1. The predicted molar refractivity (Wildman–Crippen MR) is 123 cm³/mol. The molecular formula is C26H22F3N3O5. The minimum Gasteiger partial charge on any atom is -0.493 e. The molecule has 3 saturated heterocycles. The highest BCUT2D eigenvalue weighted by Gasteiger charge is 2.69. The molecule has 192 valence electrons. The van der Waals surface area contributed by atoms with Gasteiger partial charge in [0.25, 0.3) is 0 Å². The summed E-state index contributed by atoms with van der Waals surface area (Å²) in [6, 6.07) is 11.1. The highest BCUT2D eigenvalue weighted by molar-refractivity contribution is 6.23. The van der Waals surface area contributed by atoms with Gasteiger partial charge in [0.2, 0.25) is 17.7 Å². The van der Waals surface area contributed by atoms with Crippen LogP contribution in [0.15, 0.2) is 42.5 Å². The molecule has 3 aliphatic heterocycles. The van der Waals surface area contributed by atoms with E-state index in [1.807, 2.05) is 0 Å². The van der Waals surface area contributed by atoms with Gasteiger partial charge in [-0.1, -0.05) is 0 Å². The molecule has 3 fully saturated rings. The summed E-state index contributed by atoms with van der Waals surface area (Å²) in [5.74, 6) is -2.44. The Labute approximate surface area is 209 Å². The Hall–Kier alpha value is -3.91. The van der Waals surface area contributed by atoms with Gasteiger partial charge in [-0.2, -0.15) is 18.4 Å². The van der Waals surface area contributed by atoms with Gasteiger partial charge in [0.15, 0.2) is 0 Å². The van der Waals surface area contributed by atoms with Crippen LogP contribution in [-0.4, -0.2) is 36.0 Å². The maximum absolute atomic E-state index is 13.5. The van der Waals surface area contributed by atoms with Crippen molar-refractivity contribution in [3.63, 3.8) is 0 Å².